The molecule has 1 aromatic rings. The predicted octanol–water partition coefficient (Wildman–Crippen LogP) is 1.18. The lowest BCUT2D eigenvalue weighted by atomic mass is 10.3. The van der Waals surface area contributed by atoms with E-state index >= 15 is 0 Å². The Kier molecular flexibility index (Phi) is 3.91. The van der Waals surface area contributed by atoms with Gasteiger partial charge in [-0.15, -0.1) is 0 Å². The van der Waals surface area contributed by atoms with Crippen LogP contribution in [0.15, 0.2) is 28.7 Å². The van der Waals surface area contributed by atoms with Crippen LogP contribution in [0.3, 0.4) is 0 Å². The first-order valence-electron chi connectivity index (χ1n) is 3.91. The average molecular weight is 280 g/mol. The van der Waals surface area contributed by atoms with Gasteiger partial charge in [0.1, 0.15) is 0 Å². The summed E-state index contributed by atoms with van der Waals surface area (Å²) in [6, 6.07) is 6.88. The van der Waals surface area contributed by atoms with Crippen LogP contribution in [0, 0.1) is 0 Å². The molecule has 0 saturated heterocycles. The predicted molar refractivity (Wildman–Crippen MR) is 58.6 cm³/mol. The molecule has 0 aliphatic carbocycles. The van der Waals surface area contributed by atoms with Gasteiger partial charge in [0.05, 0.1) is 18.0 Å². The van der Waals surface area contributed by atoms with Crippen LogP contribution in [0.2, 0.25) is 0 Å². The number of aliphatic hydroxyl groups excluding tert-OH is 1. The summed E-state index contributed by atoms with van der Waals surface area (Å²) in [5, 5.41) is 8.52. The highest BCUT2D eigenvalue weighted by Gasteiger charge is 2.10. The van der Waals surface area contributed by atoms with E-state index in [-0.39, 0.29) is 12.4 Å². The van der Waals surface area contributed by atoms with Crippen molar-refractivity contribution < 1.29 is 13.5 Å². The minimum atomic E-state index is -3.44. The summed E-state index contributed by atoms with van der Waals surface area (Å²) < 4.78 is 25.5. The lowest BCUT2D eigenvalue weighted by Crippen LogP contribution is -2.19. The van der Waals surface area contributed by atoms with E-state index in [1.807, 2.05) is 0 Å². The van der Waals surface area contributed by atoms with E-state index in [1.54, 1.807) is 24.3 Å². The highest BCUT2D eigenvalue weighted by molar-refractivity contribution is 9.10. The maximum Gasteiger partial charge on any atom is 0.235 e. The van der Waals surface area contributed by atoms with Gasteiger partial charge in [-0.25, -0.2) is 8.42 Å². The molecule has 0 spiro atoms. The SMILES string of the molecule is O=S(=O)(CCO)Nc1ccccc1Br. The van der Waals surface area contributed by atoms with Crippen LogP contribution in [0.4, 0.5) is 5.69 Å². The third kappa shape index (κ3) is 3.28. The largest absolute Gasteiger partial charge is 0.395 e. The molecule has 0 saturated carbocycles. The second-order valence-corrected chi connectivity index (χ2v) is 5.32. The zero-order valence-corrected chi connectivity index (χ0v) is 9.68. The van der Waals surface area contributed by atoms with Gasteiger partial charge in [-0.05, 0) is 28.1 Å². The number of hydrogen-bond donors (Lipinski definition) is 2. The first kappa shape index (κ1) is 11.5. The van der Waals surface area contributed by atoms with Gasteiger partial charge >= 0.3 is 0 Å². The minimum Gasteiger partial charge on any atom is -0.395 e. The molecule has 14 heavy (non-hydrogen) atoms. The van der Waals surface area contributed by atoms with Crippen molar-refractivity contribution >= 4 is 31.6 Å². The van der Waals surface area contributed by atoms with E-state index in [0.29, 0.717) is 10.2 Å². The molecule has 0 aliphatic heterocycles. The summed E-state index contributed by atoms with van der Waals surface area (Å²) in [5.74, 6) is -0.297. The third-order valence-corrected chi connectivity index (χ3v) is 3.44. The highest BCUT2D eigenvalue weighted by atomic mass is 79.9. The normalized spacial score (nSPS) is 11.3. The molecule has 0 amide bonds. The molecule has 0 aliphatic rings. The van der Waals surface area contributed by atoms with Gasteiger partial charge in [0.15, 0.2) is 0 Å². The molecule has 0 aromatic heterocycles. The van der Waals surface area contributed by atoms with E-state index in [9.17, 15) is 8.42 Å². The lowest BCUT2D eigenvalue weighted by Gasteiger charge is -2.07. The van der Waals surface area contributed by atoms with Crippen molar-refractivity contribution in [1.82, 2.24) is 0 Å². The van der Waals surface area contributed by atoms with Crippen molar-refractivity contribution in [2.24, 2.45) is 0 Å². The first-order chi connectivity index (χ1) is 6.55. The topological polar surface area (TPSA) is 66.4 Å². The number of hydrogen-bond acceptors (Lipinski definition) is 3. The van der Waals surface area contributed by atoms with E-state index < -0.39 is 10.0 Å². The van der Waals surface area contributed by atoms with Crippen molar-refractivity contribution in [2.75, 3.05) is 17.1 Å². The fourth-order valence-electron chi connectivity index (χ4n) is 0.883. The molecule has 0 radical (unpaired) electrons. The van der Waals surface area contributed by atoms with Crippen LogP contribution in [0.25, 0.3) is 0 Å². The van der Waals surface area contributed by atoms with Gasteiger partial charge < -0.3 is 5.11 Å². The van der Waals surface area contributed by atoms with Crippen LogP contribution in [0.5, 0.6) is 0 Å². The van der Waals surface area contributed by atoms with Gasteiger partial charge in [-0.3, -0.25) is 4.72 Å². The number of sulfonamides is 1. The van der Waals surface area contributed by atoms with E-state index in [2.05, 4.69) is 20.7 Å². The zero-order valence-electron chi connectivity index (χ0n) is 7.27. The Morgan fingerprint density at radius 3 is 2.57 bits per heavy atom. The molecule has 78 valence electrons. The monoisotopic (exact) mass is 279 g/mol. The van der Waals surface area contributed by atoms with Crippen molar-refractivity contribution in [3.63, 3.8) is 0 Å². The molecule has 0 heterocycles. The fraction of sp³-hybridized carbons (Fsp3) is 0.250. The van der Waals surface area contributed by atoms with Crippen LogP contribution in [0.1, 0.15) is 0 Å². The van der Waals surface area contributed by atoms with E-state index in [1.165, 1.54) is 0 Å². The Morgan fingerprint density at radius 2 is 2.00 bits per heavy atom. The summed E-state index contributed by atoms with van der Waals surface area (Å²) in [4.78, 5) is 0. The van der Waals surface area contributed by atoms with E-state index in [0.717, 1.165) is 0 Å². The van der Waals surface area contributed by atoms with Crippen molar-refractivity contribution in [2.45, 2.75) is 0 Å². The van der Waals surface area contributed by atoms with E-state index in [4.69, 9.17) is 5.11 Å². The molecule has 0 bridgehead atoms. The van der Waals surface area contributed by atoms with Gasteiger partial charge in [0.2, 0.25) is 10.0 Å². The standard InChI is InChI=1S/C8H10BrNO3S/c9-7-3-1-2-4-8(7)10-14(12,13)6-5-11/h1-4,10-11H,5-6H2. The van der Waals surface area contributed by atoms with Crippen LogP contribution < -0.4 is 4.72 Å². The molecular formula is C8H10BrNO3S. The lowest BCUT2D eigenvalue weighted by molar-refractivity contribution is 0.320. The van der Waals surface area contributed by atoms with Crippen molar-refractivity contribution in [3.8, 4) is 0 Å². The van der Waals surface area contributed by atoms with Crippen LogP contribution in [-0.4, -0.2) is 25.9 Å². The summed E-state index contributed by atoms with van der Waals surface area (Å²) in [7, 11) is -3.44. The molecule has 0 unspecified atom stereocenters. The molecule has 1 rings (SSSR count). The van der Waals surface area contributed by atoms with Gasteiger partial charge in [-0.1, -0.05) is 12.1 Å². The molecule has 4 nitrogen and oxygen atoms in total. The smallest absolute Gasteiger partial charge is 0.235 e. The zero-order chi connectivity index (χ0) is 10.6. The second-order valence-electron chi connectivity index (χ2n) is 2.62. The quantitative estimate of drug-likeness (QED) is 0.870. The molecule has 6 heteroatoms. The fourth-order valence-corrected chi connectivity index (χ4v) is 2.25. The maximum absolute atomic E-state index is 11.3. The number of anilines is 1. The third-order valence-electron chi connectivity index (χ3n) is 1.50. The summed E-state index contributed by atoms with van der Waals surface area (Å²) in [6.07, 6.45) is 0. The Morgan fingerprint density at radius 1 is 1.36 bits per heavy atom. The number of halogens is 1. The Labute approximate surface area is 91.1 Å². The number of aliphatic hydroxyl groups is 1. The van der Waals surface area contributed by atoms with Crippen LogP contribution >= 0.6 is 15.9 Å². The number of benzene rings is 1. The van der Waals surface area contributed by atoms with Gasteiger partial charge in [0.25, 0.3) is 0 Å². The summed E-state index contributed by atoms with van der Waals surface area (Å²) >= 11 is 3.21. The number of rotatable bonds is 4. The van der Waals surface area contributed by atoms with Crippen molar-refractivity contribution in [1.29, 1.82) is 0 Å². The Balaban J connectivity index is 2.84. The number of para-hydroxylation sites is 1. The van der Waals surface area contributed by atoms with Gasteiger partial charge in [0, 0.05) is 4.47 Å². The first-order valence-corrected chi connectivity index (χ1v) is 6.35. The number of nitrogens with one attached hydrogen (secondary N) is 1. The molecule has 1 aromatic carbocycles. The summed E-state index contributed by atoms with van der Waals surface area (Å²) in [6.45, 7) is -0.389. The molecule has 0 atom stereocenters. The average Bonchev–Trinajstić information content (AvgIpc) is 2.08. The van der Waals surface area contributed by atoms with Crippen LogP contribution in [-0.2, 0) is 10.0 Å². The highest BCUT2D eigenvalue weighted by Crippen LogP contribution is 2.22. The summed E-state index contributed by atoms with van der Waals surface area (Å²) in [5.41, 5.74) is 0.473. The molecular weight excluding hydrogens is 270 g/mol. The molecule has 2 N–H and O–H groups in total. The van der Waals surface area contributed by atoms with Gasteiger partial charge in [-0.2, -0.15) is 0 Å². The maximum atomic E-state index is 11.3. The Bertz CT molecular complexity index is 405. The minimum absolute atomic E-state index is 0.297. The second kappa shape index (κ2) is 4.77. The van der Waals surface area contributed by atoms with Crippen molar-refractivity contribution in [3.05, 3.63) is 28.7 Å². The molecule has 0 fully saturated rings. The Hall–Kier alpha value is -0.590.